The first-order valence-corrected chi connectivity index (χ1v) is 6.05. The van der Waals surface area contributed by atoms with Gasteiger partial charge in [0.1, 0.15) is 0 Å². The van der Waals surface area contributed by atoms with Crippen molar-refractivity contribution in [3.8, 4) is 0 Å². The van der Waals surface area contributed by atoms with Crippen LogP contribution in [0.1, 0.15) is 11.3 Å². The van der Waals surface area contributed by atoms with Crippen LogP contribution >= 0.6 is 0 Å². The lowest BCUT2D eigenvalue weighted by Gasteiger charge is -2.14. The molecule has 0 spiro atoms. The number of hydrogen-bond donors (Lipinski definition) is 2. The molecular formula is C13H15F3N4. The number of benzene rings is 1. The lowest BCUT2D eigenvalue weighted by Crippen LogP contribution is -2.13. The Morgan fingerprint density at radius 1 is 1.30 bits per heavy atom. The predicted molar refractivity (Wildman–Crippen MR) is 71.3 cm³/mol. The minimum absolute atomic E-state index is 0.0302. The summed E-state index contributed by atoms with van der Waals surface area (Å²) in [5.41, 5.74) is 5.60. The molecule has 0 aliphatic rings. The normalized spacial score (nSPS) is 11.6. The fourth-order valence-corrected chi connectivity index (χ4v) is 1.87. The lowest BCUT2D eigenvalue weighted by atomic mass is 10.1. The maximum absolute atomic E-state index is 12.9. The summed E-state index contributed by atoms with van der Waals surface area (Å²) in [4.78, 5) is 0. The van der Waals surface area contributed by atoms with E-state index in [1.165, 1.54) is 12.1 Å². The third-order valence-corrected chi connectivity index (χ3v) is 2.81. The van der Waals surface area contributed by atoms with Gasteiger partial charge in [0.05, 0.1) is 11.3 Å². The smallest absolute Gasteiger partial charge is 0.399 e. The van der Waals surface area contributed by atoms with Crippen LogP contribution in [0.15, 0.2) is 30.5 Å². The molecule has 0 unspecified atom stereocenters. The molecule has 2 rings (SSSR count). The Labute approximate surface area is 114 Å². The number of nitrogens with zero attached hydrogens (tertiary/aromatic N) is 2. The van der Waals surface area contributed by atoms with E-state index in [2.05, 4.69) is 10.4 Å². The average molecular weight is 284 g/mol. The van der Waals surface area contributed by atoms with Gasteiger partial charge >= 0.3 is 6.18 Å². The van der Waals surface area contributed by atoms with E-state index in [4.69, 9.17) is 5.73 Å². The third kappa shape index (κ3) is 3.43. The molecule has 1 aromatic carbocycles. The molecule has 0 aliphatic carbocycles. The number of nitrogens with one attached hydrogen (secondary N) is 1. The van der Waals surface area contributed by atoms with E-state index < -0.39 is 11.7 Å². The fourth-order valence-electron chi connectivity index (χ4n) is 1.87. The molecule has 0 saturated heterocycles. The highest BCUT2D eigenvalue weighted by Gasteiger charge is 2.33. The molecule has 0 atom stereocenters. The van der Waals surface area contributed by atoms with Crippen LogP contribution in [0.2, 0.25) is 0 Å². The Kier molecular flexibility index (Phi) is 3.87. The van der Waals surface area contributed by atoms with E-state index in [1.54, 1.807) is 17.9 Å². The number of halogens is 3. The number of alkyl halides is 3. The van der Waals surface area contributed by atoms with Crippen LogP contribution < -0.4 is 11.1 Å². The predicted octanol–water partition coefficient (Wildman–Crippen LogP) is 2.68. The highest BCUT2D eigenvalue weighted by molar-refractivity contribution is 5.59. The first-order chi connectivity index (χ1) is 9.36. The van der Waals surface area contributed by atoms with Crippen LogP contribution in [-0.2, 0) is 19.6 Å². The van der Waals surface area contributed by atoms with E-state index in [0.29, 0.717) is 13.0 Å². The second-order valence-electron chi connectivity index (χ2n) is 4.46. The molecular weight excluding hydrogens is 269 g/mol. The Bertz CT molecular complexity index is 590. The van der Waals surface area contributed by atoms with E-state index in [-0.39, 0.29) is 11.4 Å². The number of nitrogen functional groups attached to an aromatic ring is 1. The van der Waals surface area contributed by atoms with Crippen molar-refractivity contribution in [1.29, 1.82) is 0 Å². The van der Waals surface area contributed by atoms with Crippen molar-refractivity contribution >= 4 is 11.4 Å². The van der Waals surface area contributed by atoms with E-state index in [0.717, 1.165) is 11.8 Å². The molecule has 4 nitrogen and oxygen atoms in total. The van der Waals surface area contributed by atoms with Gasteiger partial charge in [-0.3, -0.25) is 4.68 Å². The van der Waals surface area contributed by atoms with E-state index >= 15 is 0 Å². The summed E-state index contributed by atoms with van der Waals surface area (Å²) in [7, 11) is 1.79. The SMILES string of the molecule is Cn1ccc(CCNc2ccc(N)cc2C(F)(F)F)n1. The third-order valence-electron chi connectivity index (χ3n) is 2.81. The topological polar surface area (TPSA) is 55.9 Å². The van der Waals surface area contributed by atoms with Gasteiger partial charge in [-0.1, -0.05) is 0 Å². The highest BCUT2D eigenvalue weighted by atomic mass is 19.4. The first-order valence-electron chi connectivity index (χ1n) is 6.05. The lowest BCUT2D eigenvalue weighted by molar-refractivity contribution is -0.136. The maximum atomic E-state index is 12.9. The molecule has 0 fully saturated rings. The standard InChI is InChI=1S/C13H15F3N4/c1-20-7-5-10(19-20)4-6-18-12-3-2-9(17)8-11(12)13(14,15)16/h2-3,5,7-8,18H,4,6,17H2,1H3. The number of nitrogens with two attached hydrogens (primary N) is 1. The number of hydrogen-bond acceptors (Lipinski definition) is 3. The summed E-state index contributed by atoms with van der Waals surface area (Å²) >= 11 is 0. The number of aryl methyl sites for hydroxylation is 1. The number of aromatic nitrogens is 2. The molecule has 0 amide bonds. The zero-order valence-corrected chi connectivity index (χ0v) is 10.9. The van der Waals surface area contributed by atoms with Crippen LogP contribution in [0.4, 0.5) is 24.5 Å². The summed E-state index contributed by atoms with van der Waals surface area (Å²) < 4.78 is 40.3. The van der Waals surface area contributed by atoms with E-state index in [9.17, 15) is 13.2 Å². The van der Waals surface area contributed by atoms with Crippen LogP contribution in [0.5, 0.6) is 0 Å². The number of rotatable bonds is 4. The monoisotopic (exact) mass is 284 g/mol. The summed E-state index contributed by atoms with van der Waals surface area (Å²) in [5.74, 6) is 0. The Balaban J connectivity index is 2.06. The van der Waals surface area contributed by atoms with Gasteiger partial charge in [-0.15, -0.1) is 0 Å². The van der Waals surface area contributed by atoms with Crippen molar-refractivity contribution in [1.82, 2.24) is 9.78 Å². The largest absolute Gasteiger partial charge is 0.418 e. The zero-order chi connectivity index (χ0) is 14.8. The van der Waals surface area contributed by atoms with Gasteiger partial charge in [0, 0.05) is 37.6 Å². The summed E-state index contributed by atoms with van der Waals surface area (Å²) in [6.45, 7) is 0.365. The van der Waals surface area contributed by atoms with Crippen molar-refractivity contribution < 1.29 is 13.2 Å². The molecule has 0 radical (unpaired) electrons. The van der Waals surface area contributed by atoms with Gasteiger partial charge < -0.3 is 11.1 Å². The van der Waals surface area contributed by atoms with Gasteiger partial charge in [-0.05, 0) is 24.3 Å². The molecule has 20 heavy (non-hydrogen) atoms. The van der Waals surface area contributed by atoms with E-state index in [1.807, 2.05) is 6.07 Å². The summed E-state index contributed by atoms with van der Waals surface area (Å²) in [5, 5.41) is 6.94. The quantitative estimate of drug-likeness (QED) is 0.849. The molecule has 1 heterocycles. The van der Waals surface area contributed by atoms with Crippen molar-refractivity contribution in [2.75, 3.05) is 17.6 Å². The van der Waals surface area contributed by atoms with Crippen molar-refractivity contribution in [2.24, 2.45) is 7.05 Å². The molecule has 3 N–H and O–H groups in total. The van der Waals surface area contributed by atoms with Crippen molar-refractivity contribution in [3.63, 3.8) is 0 Å². The highest BCUT2D eigenvalue weighted by Crippen LogP contribution is 2.35. The Morgan fingerprint density at radius 2 is 2.05 bits per heavy atom. The molecule has 0 saturated carbocycles. The van der Waals surface area contributed by atoms with Gasteiger partial charge in [0.2, 0.25) is 0 Å². The second-order valence-corrected chi connectivity index (χ2v) is 4.46. The number of anilines is 2. The van der Waals surface area contributed by atoms with Gasteiger partial charge in [0.25, 0.3) is 0 Å². The fraction of sp³-hybridized carbons (Fsp3) is 0.308. The van der Waals surface area contributed by atoms with Crippen LogP contribution in [0, 0.1) is 0 Å². The van der Waals surface area contributed by atoms with Crippen LogP contribution in [0.3, 0.4) is 0 Å². The van der Waals surface area contributed by atoms with Gasteiger partial charge in [0.15, 0.2) is 0 Å². The molecule has 0 bridgehead atoms. The first kappa shape index (κ1) is 14.2. The summed E-state index contributed by atoms with van der Waals surface area (Å²) in [6.07, 6.45) is -2.09. The molecule has 0 aliphatic heterocycles. The minimum atomic E-state index is -4.43. The van der Waals surface area contributed by atoms with Crippen LogP contribution in [0.25, 0.3) is 0 Å². The molecule has 2 aromatic rings. The Hall–Kier alpha value is -2.18. The zero-order valence-electron chi connectivity index (χ0n) is 10.9. The summed E-state index contributed by atoms with van der Waals surface area (Å²) in [6, 6.07) is 5.55. The molecule has 1 aromatic heterocycles. The minimum Gasteiger partial charge on any atom is -0.399 e. The second kappa shape index (κ2) is 5.44. The van der Waals surface area contributed by atoms with Crippen LogP contribution in [-0.4, -0.2) is 16.3 Å². The Morgan fingerprint density at radius 3 is 2.65 bits per heavy atom. The van der Waals surface area contributed by atoms with Gasteiger partial charge in [-0.2, -0.15) is 18.3 Å². The average Bonchev–Trinajstić information content (AvgIpc) is 2.76. The van der Waals surface area contributed by atoms with Crippen molar-refractivity contribution in [3.05, 3.63) is 41.7 Å². The molecule has 7 heteroatoms. The van der Waals surface area contributed by atoms with Crippen molar-refractivity contribution in [2.45, 2.75) is 12.6 Å². The molecule has 108 valence electrons. The maximum Gasteiger partial charge on any atom is 0.418 e. The van der Waals surface area contributed by atoms with Gasteiger partial charge in [-0.25, -0.2) is 0 Å².